The number of benzene rings is 2. The molecule has 0 heterocycles. The predicted octanol–water partition coefficient (Wildman–Crippen LogP) is 4.08. The van der Waals surface area contributed by atoms with E-state index >= 15 is 0 Å². The summed E-state index contributed by atoms with van der Waals surface area (Å²) in [6.07, 6.45) is 0. The molecule has 0 aliphatic carbocycles. The van der Waals surface area contributed by atoms with Gasteiger partial charge in [-0.2, -0.15) is 0 Å². The van der Waals surface area contributed by atoms with E-state index in [1.165, 1.54) is 0 Å². The van der Waals surface area contributed by atoms with Crippen LogP contribution in [0.3, 0.4) is 0 Å². The minimum absolute atomic E-state index is 0.126. The van der Waals surface area contributed by atoms with Crippen molar-refractivity contribution in [2.24, 2.45) is 0 Å². The highest BCUT2D eigenvalue weighted by Gasteiger charge is 2.17. The average molecular weight is 293 g/mol. The molecule has 2 nitrogen and oxygen atoms in total. The number of rotatable bonds is 4. The lowest BCUT2D eigenvalue weighted by Gasteiger charge is -2.12. The van der Waals surface area contributed by atoms with E-state index in [0.717, 1.165) is 30.0 Å². The van der Waals surface area contributed by atoms with Crippen molar-refractivity contribution in [3.8, 4) is 0 Å². The molecule has 104 valence electrons. The molecule has 0 fully saturated rings. The number of thioether (sulfide) groups is 1. The van der Waals surface area contributed by atoms with Crippen molar-refractivity contribution in [2.45, 2.75) is 17.1 Å². The summed E-state index contributed by atoms with van der Waals surface area (Å²) in [6.45, 7) is 1.65. The van der Waals surface area contributed by atoms with E-state index < -0.39 is 16.9 Å². The zero-order chi connectivity index (χ0) is 14.5. The molecule has 0 unspecified atom stereocenters. The molecule has 2 aromatic carbocycles. The standard InChI is InChI=1S/C15H13F2NOS/c1-10(15(19)18-12-5-3-2-4-6-12)20-14-9-11(16)7-8-13(14)17/h2-10H,1H3,(H,18,19)/t10-/m0/s1. The van der Waals surface area contributed by atoms with Gasteiger partial charge in [0.15, 0.2) is 0 Å². The van der Waals surface area contributed by atoms with Crippen LogP contribution in [-0.4, -0.2) is 11.2 Å². The van der Waals surface area contributed by atoms with Gasteiger partial charge in [-0.05, 0) is 37.3 Å². The van der Waals surface area contributed by atoms with Crippen molar-refractivity contribution >= 4 is 23.4 Å². The fourth-order valence-electron chi connectivity index (χ4n) is 1.58. The highest BCUT2D eigenvalue weighted by Crippen LogP contribution is 2.27. The Hall–Kier alpha value is -1.88. The molecule has 2 rings (SSSR count). The average Bonchev–Trinajstić information content (AvgIpc) is 2.44. The molecule has 0 saturated heterocycles. The second-order valence-electron chi connectivity index (χ2n) is 4.19. The number of amides is 1. The molecule has 1 amide bonds. The monoisotopic (exact) mass is 293 g/mol. The molecule has 0 bridgehead atoms. The number of anilines is 1. The SMILES string of the molecule is C[C@H](Sc1cc(F)ccc1F)C(=O)Nc1ccccc1. The van der Waals surface area contributed by atoms with Crippen LogP contribution in [0.5, 0.6) is 0 Å². The Morgan fingerprint density at radius 3 is 2.55 bits per heavy atom. The van der Waals surface area contributed by atoms with Crippen LogP contribution in [0.15, 0.2) is 53.4 Å². The van der Waals surface area contributed by atoms with Gasteiger partial charge in [0.25, 0.3) is 0 Å². The van der Waals surface area contributed by atoms with E-state index in [2.05, 4.69) is 5.32 Å². The Labute approximate surface area is 120 Å². The van der Waals surface area contributed by atoms with E-state index in [4.69, 9.17) is 0 Å². The summed E-state index contributed by atoms with van der Waals surface area (Å²) in [5.41, 5.74) is 0.671. The van der Waals surface area contributed by atoms with Crippen LogP contribution in [0, 0.1) is 11.6 Å². The number of hydrogen-bond acceptors (Lipinski definition) is 2. The van der Waals surface area contributed by atoms with Crippen LogP contribution >= 0.6 is 11.8 Å². The zero-order valence-corrected chi connectivity index (χ0v) is 11.6. The number of hydrogen-bond donors (Lipinski definition) is 1. The molecule has 0 aromatic heterocycles. The number of halogens is 2. The highest BCUT2D eigenvalue weighted by atomic mass is 32.2. The van der Waals surface area contributed by atoms with Gasteiger partial charge in [0.2, 0.25) is 5.91 Å². The molecular formula is C15H13F2NOS. The third kappa shape index (κ3) is 3.81. The van der Waals surface area contributed by atoms with Crippen molar-refractivity contribution in [3.63, 3.8) is 0 Å². The molecular weight excluding hydrogens is 280 g/mol. The fourth-order valence-corrected chi connectivity index (χ4v) is 2.48. The first-order chi connectivity index (χ1) is 9.56. The van der Waals surface area contributed by atoms with Gasteiger partial charge in [-0.15, -0.1) is 11.8 Å². The quantitative estimate of drug-likeness (QED) is 0.860. The van der Waals surface area contributed by atoms with Gasteiger partial charge in [-0.3, -0.25) is 4.79 Å². The van der Waals surface area contributed by atoms with Crippen LogP contribution in [0.4, 0.5) is 14.5 Å². The number of nitrogens with one attached hydrogen (secondary N) is 1. The molecule has 1 N–H and O–H groups in total. The molecule has 0 aliphatic rings. The molecule has 20 heavy (non-hydrogen) atoms. The smallest absolute Gasteiger partial charge is 0.237 e. The number of para-hydroxylation sites is 1. The van der Waals surface area contributed by atoms with Gasteiger partial charge in [0.05, 0.1) is 5.25 Å². The predicted molar refractivity (Wildman–Crippen MR) is 76.7 cm³/mol. The van der Waals surface area contributed by atoms with E-state index in [-0.39, 0.29) is 10.8 Å². The first kappa shape index (κ1) is 14.5. The Balaban J connectivity index is 2.02. The minimum atomic E-state index is -0.536. The summed E-state index contributed by atoms with van der Waals surface area (Å²) >= 11 is 0.985. The van der Waals surface area contributed by atoms with Crippen LogP contribution in [0.25, 0.3) is 0 Å². The summed E-state index contributed by atoms with van der Waals surface area (Å²) in [5.74, 6) is -1.31. The van der Waals surface area contributed by atoms with Crippen LogP contribution in [0.2, 0.25) is 0 Å². The molecule has 2 aromatic rings. The summed E-state index contributed by atoms with van der Waals surface area (Å²) < 4.78 is 26.6. The van der Waals surface area contributed by atoms with Crippen LogP contribution in [0.1, 0.15) is 6.92 Å². The summed E-state index contributed by atoms with van der Waals surface area (Å²) in [5, 5.41) is 2.18. The van der Waals surface area contributed by atoms with Gasteiger partial charge in [0, 0.05) is 10.6 Å². The third-order valence-corrected chi connectivity index (χ3v) is 3.74. The van der Waals surface area contributed by atoms with Crippen molar-refractivity contribution in [1.29, 1.82) is 0 Å². The maximum absolute atomic E-state index is 13.5. The molecule has 0 radical (unpaired) electrons. The van der Waals surface area contributed by atoms with Crippen molar-refractivity contribution < 1.29 is 13.6 Å². The lowest BCUT2D eigenvalue weighted by molar-refractivity contribution is -0.115. The first-order valence-corrected chi connectivity index (χ1v) is 6.92. The Bertz CT molecular complexity index is 604. The minimum Gasteiger partial charge on any atom is -0.325 e. The van der Waals surface area contributed by atoms with Crippen LogP contribution < -0.4 is 5.32 Å². The lowest BCUT2D eigenvalue weighted by atomic mass is 10.3. The first-order valence-electron chi connectivity index (χ1n) is 6.04. The van der Waals surface area contributed by atoms with Gasteiger partial charge in [-0.1, -0.05) is 18.2 Å². The third-order valence-electron chi connectivity index (χ3n) is 2.61. The van der Waals surface area contributed by atoms with Gasteiger partial charge in [0.1, 0.15) is 11.6 Å². The lowest BCUT2D eigenvalue weighted by Crippen LogP contribution is -2.22. The van der Waals surface area contributed by atoms with Gasteiger partial charge in [-0.25, -0.2) is 8.78 Å². The largest absolute Gasteiger partial charge is 0.325 e. The number of carbonyl (C=O) groups excluding carboxylic acids is 1. The van der Waals surface area contributed by atoms with Crippen LogP contribution in [-0.2, 0) is 4.79 Å². The molecule has 5 heteroatoms. The Morgan fingerprint density at radius 1 is 1.15 bits per heavy atom. The molecule has 0 aliphatic heterocycles. The topological polar surface area (TPSA) is 29.1 Å². The number of carbonyl (C=O) groups is 1. The van der Waals surface area contributed by atoms with Crippen molar-refractivity contribution in [2.75, 3.05) is 5.32 Å². The summed E-state index contributed by atoms with van der Waals surface area (Å²) in [7, 11) is 0. The normalized spacial score (nSPS) is 11.9. The van der Waals surface area contributed by atoms with E-state index in [1.54, 1.807) is 31.2 Å². The molecule has 1 atom stereocenters. The highest BCUT2D eigenvalue weighted by molar-refractivity contribution is 8.00. The van der Waals surface area contributed by atoms with Crippen molar-refractivity contribution in [1.82, 2.24) is 0 Å². The summed E-state index contributed by atoms with van der Waals surface area (Å²) in [6, 6.07) is 12.2. The van der Waals surface area contributed by atoms with Crippen molar-refractivity contribution in [3.05, 3.63) is 60.2 Å². The van der Waals surface area contributed by atoms with E-state index in [1.807, 2.05) is 6.07 Å². The zero-order valence-electron chi connectivity index (χ0n) is 10.8. The van der Waals surface area contributed by atoms with E-state index in [0.29, 0.717) is 5.69 Å². The van der Waals surface area contributed by atoms with Gasteiger partial charge < -0.3 is 5.32 Å². The van der Waals surface area contributed by atoms with Gasteiger partial charge >= 0.3 is 0 Å². The molecule has 0 saturated carbocycles. The Kier molecular flexibility index (Phi) is 4.74. The second-order valence-corrected chi connectivity index (χ2v) is 5.57. The van der Waals surface area contributed by atoms with E-state index in [9.17, 15) is 13.6 Å². The second kappa shape index (κ2) is 6.52. The molecule has 0 spiro atoms. The maximum atomic E-state index is 13.5. The fraction of sp³-hybridized carbons (Fsp3) is 0.133. The summed E-state index contributed by atoms with van der Waals surface area (Å²) in [4.78, 5) is 12.1. The maximum Gasteiger partial charge on any atom is 0.237 e. The Morgan fingerprint density at radius 2 is 1.85 bits per heavy atom.